The number of nitro benzene ring substituents is 1. The van der Waals surface area contributed by atoms with Crippen LogP contribution in [0.1, 0.15) is 12.5 Å². The molecule has 2 rings (SSSR count). The Kier molecular flexibility index (Phi) is 5.38. The molecule has 110 valence electrons. The van der Waals surface area contributed by atoms with E-state index in [4.69, 9.17) is 4.74 Å². The van der Waals surface area contributed by atoms with Crippen LogP contribution in [0.4, 0.5) is 11.4 Å². The van der Waals surface area contributed by atoms with E-state index >= 15 is 0 Å². The zero-order valence-corrected chi connectivity index (χ0v) is 13.7. The number of ether oxygens (including phenoxy) is 1. The molecule has 0 aromatic heterocycles. The van der Waals surface area contributed by atoms with Crippen molar-refractivity contribution in [2.45, 2.75) is 13.5 Å². The predicted octanol–water partition coefficient (Wildman–Crippen LogP) is 4.21. The van der Waals surface area contributed by atoms with Crippen LogP contribution >= 0.6 is 22.6 Å². The van der Waals surface area contributed by atoms with Crippen LogP contribution in [0, 0.1) is 13.7 Å². The molecule has 0 saturated heterocycles. The number of hydrogen-bond acceptors (Lipinski definition) is 4. The molecule has 0 amide bonds. The number of nitrogens with zero attached hydrogens (tertiary/aromatic N) is 1. The molecule has 0 radical (unpaired) electrons. The fourth-order valence-electron chi connectivity index (χ4n) is 1.91. The van der Waals surface area contributed by atoms with Crippen LogP contribution in [-0.4, -0.2) is 11.5 Å². The average molecular weight is 398 g/mol. The molecule has 0 heterocycles. The average Bonchev–Trinajstić information content (AvgIpc) is 2.46. The van der Waals surface area contributed by atoms with E-state index in [1.165, 1.54) is 0 Å². The van der Waals surface area contributed by atoms with Gasteiger partial charge in [-0.25, -0.2) is 0 Å². The van der Waals surface area contributed by atoms with Crippen LogP contribution in [0.5, 0.6) is 5.75 Å². The smallest absolute Gasteiger partial charge is 0.293 e. The van der Waals surface area contributed by atoms with Gasteiger partial charge in [0.15, 0.2) is 0 Å². The maximum absolute atomic E-state index is 11.1. The summed E-state index contributed by atoms with van der Waals surface area (Å²) < 4.78 is 6.28. The number of halogens is 1. The van der Waals surface area contributed by atoms with E-state index in [1.54, 1.807) is 12.1 Å². The normalized spacial score (nSPS) is 10.2. The van der Waals surface area contributed by atoms with Gasteiger partial charge in [0.05, 0.1) is 11.5 Å². The van der Waals surface area contributed by atoms with Crippen LogP contribution in [0.3, 0.4) is 0 Å². The summed E-state index contributed by atoms with van der Waals surface area (Å²) >= 11 is 2.06. The first-order valence-corrected chi connectivity index (χ1v) is 7.57. The number of anilines is 1. The Morgan fingerprint density at radius 3 is 2.81 bits per heavy atom. The summed E-state index contributed by atoms with van der Waals surface area (Å²) in [4.78, 5) is 10.7. The second kappa shape index (κ2) is 7.26. The lowest BCUT2D eigenvalue weighted by molar-refractivity contribution is -0.384. The molecule has 21 heavy (non-hydrogen) atoms. The zero-order chi connectivity index (χ0) is 15.2. The summed E-state index contributed by atoms with van der Waals surface area (Å²) in [5.74, 6) is 0.800. The highest BCUT2D eigenvalue weighted by atomic mass is 127. The second-order valence-electron chi connectivity index (χ2n) is 4.35. The third kappa shape index (κ3) is 4.32. The highest BCUT2D eigenvalue weighted by Gasteiger charge is 2.13. The van der Waals surface area contributed by atoms with Crippen LogP contribution in [-0.2, 0) is 6.54 Å². The second-order valence-corrected chi connectivity index (χ2v) is 5.60. The molecule has 2 aromatic rings. The Morgan fingerprint density at radius 1 is 1.29 bits per heavy atom. The minimum atomic E-state index is -0.374. The summed E-state index contributed by atoms with van der Waals surface area (Å²) in [7, 11) is 0. The van der Waals surface area contributed by atoms with Crippen molar-refractivity contribution in [2.24, 2.45) is 0 Å². The summed E-state index contributed by atoms with van der Waals surface area (Å²) in [6.07, 6.45) is 0. The van der Waals surface area contributed by atoms with Gasteiger partial charge < -0.3 is 10.1 Å². The Balaban J connectivity index is 2.13. The van der Waals surface area contributed by atoms with Crippen molar-refractivity contribution in [2.75, 3.05) is 11.9 Å². The monoisotopic (exact) mass is 398 g/mol. The Morgan fingerprint density at radius 2 is 2.10 bits per heavy atom. The van der Waals surface area contributed by atoms with Crippen LogP contribution in [0.25, 0.3) is 0 Å². The zero-order valence-electron chi connectivity index (χ0n) is 11.5. The molecule has 0 atom stereocenters. The van der Waals surface area contributed by atoms with Crippen LogP contribution < -0.4 is 10.1 Å². The van der Waals surface area contributed by atoms with E-state index in [-0.39, 0.29) is 10.6 Å². The van der Waals surface area contributed by atoms with Gasteiger partial charge in [-0.3, -0.25) is 10.1 Å². The molecular weight excluding hydrogens is 383 g/mol. The van der Waals surface area contributed by atoms with Crippen LogP contribution in [0.2, 0.25) is 0 Å². The maximum atomic E-state index is 11.1. The van der Waals surface area contributed by atoms with Crippen LogP contribution in [0.15, 0.2) is 42.5 Å². The SMILES string of the molecule is CCOc1cccc(CNc2ccc(I)cc2[N+](=O)[O-])c1. The highest BCUT2D eigenvalue weighted by molar-refractivity contribution is 14.1. The Bertz CT molecular complexity index is 647. The number of rotatable bonds is 6. The molecule has 1 N–H and O–H groups in total. The summed E-state index contributed by atoms with van der Waals surface area (Å²) in [6, 6.07) is 12.8. The largest absolute Gasteiger partial charge is 0.494 e. The molecule has 2 aromatic carbocycles. The molecule has 0 fully saturated rings. The van der Waals surface area contributed by atoms with E-state index < -0.39 is 0 Å². The summed E-state index contributed by atoms with van der Waals surface area (Å²) in [5, 5.41) is 14.2. The number of nitrogens with one attached hydrogen (secondary N) is 1. The summed E-state index contributed by atoms with van der Waals surface area (Å²) in [6.45, 7) is 3.04. The Hall–Kier alpha value is -1.83. The third-order valence-corrected chi connectivity index (χ3v) is 3.52. The molecule has 6 heteroatoms. The van der Waals surface area contributed by atoms with E-state index in [2.05, 4.69) is 27.9 Å². The molecule has 0 spiro atoms. The molecule has 0 aliphatic rings. The molecule has 0 aliphatic carbocycles. The number of hydrogen-bond donors (Lipinski definition) is 1. The molecule has 0 saturated carbocycles. The lowest BCUT2D eigenvalue weighted by atomic mass is 10.2. The van der Waals surface area contributed by atoms with E-state index in [0.717, 1.165) is 14.9 Å². The van der Waals surface area contributed by atoms with Crippen molar-refractivity contribution in [3.8, 4) is 5.75 Å². The van der Waals surface area contributed by atoms with E-state index in [0.29, 0.717) is 18.8 Å². The van der Waals surface area contributed by atoms with Crippen molar-refractivity contribution in [1.29, 1.82) is 0 Å². The topological polar surface area (TPSA) is 64.4 Å². The van der Waals surface area contributed by atoms with Gasteiger partial charge >= 0.3 is 0 Å². The Labute approximate surface area is 136 Å². The van der Waals surface area contributed by atoms with Crippen molar-refractivity contribution in [3.63, 3.8) is 0 Å². The van der Waals surface area contributed by atoms with Crippen molar-refractivity contribution < 1.29 is 9.66 Å². The predicted molar refractivity (Wildman–Crippen MR) is 90.8 cm³/mol. The molecule has 0 unspecified atom stereocenters. The maximum Gasteiger partial charge on any atom is 0.293 e. The minimum absolute atomic E-state index is 0.0860. The van der Waals surface area contributed by atoms with Gasteiger partial charge in [0.25, 0.3) is 5.69 Å². The summed E-state index contributed by atoms with van der Waals surface area (Å²) in [5.41, 5.74) is 1.61. The molecule has 0 bridgehead atoms. The van der Waals surface area contributed by atoms with Gasteiger partial charge in [-0.1, -0.05) is 12.1 Å². The first-order valence-electron chi connectivity index (χ1n) is 6.49. The lowest BCUT2D eigenvalue weighted by Gasteiger charge is -2.09. The lowest BCUT2D eigenvalue weighted by Crippen LogP contribution is -2.03. The standard InChI is InChI=1S/C15H15IN2O3/c1-2-21-13-5-3-4-11(8-13)10-17-14-7-6-12(16)9-15(14)18(19)20/h3-9,17H,2,10H2,1H3. The van der Waals surface area contributed by atoms with Gasteiger partial charge in [-0.05, 0) is 59.3 Å². The van der Waals surface area contributed by atoms with Crippen molar-refractivity contribution in [3.05, 3.63) is 61.7 Å². The quantitative estimate of drug-likeness (QED) is 0.450. The third-order valence-electron chi connectivity index (χ3n) is 2.85. The van der Waals surface area contributed by atoms with Gasteiger partial charge in [0, 0.05) is 16.2 Å². The molecule has 0 aliphatic heterocycles. The molecule has 5 nitrogen and oxygen atoms in total. The highest BCUT2D eigenvalue weighted by Crippen LogP contribution is 2.27. The molecular formula is C15H15IN2O3. The minimum Gasteiger partial charge on any atom is -0.494 e. The fraction of sp³-hybridized carbons (Fsp3) is 0.200. The first kappa shape index (κ1) is 15.6. The number of benzene rings is 2. The number of nitro groups is 1. The van der Waals surface area contributed by atoms with E-state index in [9.17, 15) is 10.1 Å². The van der Waals surface area contributed by atoms with E-state index in [1.807, 2.05) is 37.3 Å². The van der Waals surface area contributed by atoms with Gasteiger partial charge in [-0.2, -0.15) is 0 Å². The van der Waals surface area contributed by atoms with Crippen molar-refractivity contribution >= 4 is 34.0 Å². The first-order chi connectivity index (χ1) is 10.1. The van der Waals surface area contributed by atoms with Gasteiger partial charge in [-0.15, -0.1) is 0 Å². The van der Waals surface area contributed by atoms with Crippen molar-refractivity contribution in [1.82, 2.24) is 0 Å². The van der Waals surface area contributed by atoms with Gasteiger partial charge in [0.1, 0.15) is 11.4 Å². The van der Waals surface area contributed by atoms with Gasteiger partial charge in [0.2, 0.25) is 0 Å². The fourth-order valence-corrected chi connectivity index (χ4v) is 2.39.